The van der Waals surface area contributed by atoms with Gasteiger partial charge in [0.2, 0.25) is 0 Å². The van der Waals surface area contributed by atoms with Crippen LogP contribution in [-0.2, 0) is 10.0 Å². The summed E-state index contributed by atoms with van der Waals surface area (Å²) >= 11 is 3.31. The van der Waals surface area contributed by atoms with E-state index < -0.39 is 10.0 Å². The first-order valence-electron chi connectivity index (χ1n) is 6.61. The summed E-state index contributed by atoms with van der Waals surface area (Å²) in [7, 11) is -3.64. The van der Waals surface area contributed by atoms with Gasteiger partial charge in [0.25, 0.3) is 10.0 Å². The van der Waals surface area contributed by atoms with Crippen LogP contribution >= 0.6 is 15.9 Å². The zero-order chi connectivity index (χ0) is 15.7. The van der Waals surface area contributed by atoms with Gasteiger partial charge in [-0.1, -0.05) is 23.8 Å². The number of aryl methyl sites for hydroxylation is 1. The number of rotatable bonds is 3. The third-order valence-electron chi connectivity index (χ3n) is 3.27. The highest BCUT2D eigenvalue weighted by Gasteiger charge is 2.20. The maximum atomic E-state index is 12.8. The number of pyridine rings is 1. The minimum absolute atomic E-state index is 0.255. The predicted molar refractivity (Wildman–Crippen MR) is 89.1 cm³/mol. The van der Waals surface area contributed by atoms with E-state index in [-0.39, 0.29) is 4.90 Å². The predicted octanol–water partition coefficient (Wildman–Crippen LogP) is 3.86. The van der Waals surface area contributed by atoms with E-state index in [0.29, 0.717) is 16.0 Å². The molecule has 0 N–H and O–H groups in total. The molecule has 6 heteroatoms. The molecule has 22 heavy (non-hydrogen) atoms. The van der Waals surface area contributed by atoms with Crippen molar-refractivity contribution in [1.29, 1.82) is 0 Å². The summed E-state index contributed by atoms with van der Waals surface area (Å²) < 4.78 is 27.5. The molecule has 0 saturated carbocycles. The third kappa shape index (κ3) is 2.71. The van der Waals surface area contributed by atoms with E-state index >= 15 is 0 Å². The Balaban J connectivity index is 2.14. The van der Waals surface area contributed by atoms with Gasteiger partial charge in [-0.05, 0) is 59.3 Å². The lowest BCUT2D eigenvalue weighted by Crippen LogP contribution is -2.13. The van der Waals surface area contributed by atoms with Gasteiger partial charge in [0.1, 0.15) is 4.60 Å². The number of hydrogen-bond donors (Lipinski definition) is 0. The van der Waals surface area contributed by atoms with Crippen LogP contribution in [0, 0.1) is 6.92 Å². The Labute approximate surface area is 137 Å². The van der Waals surface area contributed by atoms with Crippen molar-refractivity contribution in [2.45, 2.75) is 11.8 Å². The van der Waals surface area contributed by atoms with E-state index in [0.717, 1.165) is 5.56 Å². The molecule has 0 atom stereocenters. The van der Waals surface area contributed by atoms with Crippen LogP contribution in [0.4, 0.5) is 0 Å². The van der Waals surface area contributed by atoms with Crippen LogP contribution in [0.5, 0.6) is 0 Å². The fourth-order valence-corrected chi connectivity index (χ4v) is 3.84. The summed E-state index contributed by atoms with van der Waals surface area (Å²) in [6.45, 7) is 1.92. The summed E-state index contributed by atoms with van der Waals surface area (Å²) in [5, 5.41) is 0. The number of nitrogens with zero attached hydrogens (tertiary/aromatic N) is 2. The fraction of sp³-hybridized carbons (Fsp3) is 0.0625. The summed E-state index contributed by atoms with van der Waals surface area (Å²) in [5.41, 5.74) is 2.14. The molecule has 0 saturated heterocycles. The van der Waals surface area contributed by atoms with Crippen molar-refractivity contribution in [1.82, 2.24) is 8.96 Å². The van der Waals surface area contributed by atoms with Crippen molar-refractivity contribution in [3.63, 3.8) is 0 Å². The van der Waals surface area contributed by atoms with Crippen molar-refractivity contribution >= 4 is 26.0 Å². The SMILES string of the molecule is Cc1ccc(S(=O)(=O)n2cccc2-c2cccc(Br)n2)cc1. The van der Waals surface area contributed by atoms with E-state index in [2.05, 4.69) is 20.9 Å². The van der Waals surface area contributed by atoms with Crippen molar-refractivity contribution in [2.75, 3.05) is 0 Å². The second-order valence-electron chi connectivity index (χ2n) is 4.85. The Morgan fingerprint density at radius 2 is 1.73 bits per heavy atom. The zero-order valence-electron chi connectivity index (χ0n) is 11.8. The maximum absolute atomic E-state index is 12.8. The minimum Gasteiger partial charge on any atom is -0.240 e. The van der Waals surface area contributed by atoms with Crippen LogP contribution in [0.3, 0.4) is 0 Å². The molecule has 0 spiro atoms. The molecular weight excluding hydrogens is 364 g/mol. The molecule has 2 heterocycles. The number of benzene rings is 1. The van der Waals surface area contributed by atoms with Crippen LogP contribution in [0.15, 0.2) is 70.3 Å². The van der Waals surface area contributed by atoms with Gasteiger partial charge in [-0.25, -0.2) is 17.4 Å². The first-order valence-corrected chi connectivity index (χ1v) is 8.84. The van der Waals surface area contributed by atoms with Crippen molar-refractivity contribution in [2.24, 2.45) is 0 Å². The van der Waals surface area contributed by atoms with Gasteiger partial charge in [-0.2, -0.15) is 0 Å². The molecule has 112 valence electrons. The normalized spacial score (nSPS) is 11.5. The number of hydrogen-bond acceptors (Lipinski definition) is 3. The van der Waals surface area contributed by atoms with Gasteiger partial charge in [0, 0.05) is 6.20 Å². The Bertz CT molecular complexity index is 915. The Morgan fingerprint density at radius 3 is 2.41 bits per heavy atom. The van der Waals surface area contributed by atoms with Gasteiger partial charge in [-0.15, -0.1) is 0 Å². The van der Waals surface area contributed by atoms with Gasteiger partial charge < -0.3 is 0 Å². The molecule has 2 aromatic heterocycles. The van der Waals surface area contributed by atoms with E-state index in [1.54, 1.807) is 48.5 Å². The van der Waals surface area contributed by atoms with Crippen molar-refractivity contribution < 1.29 is 8.42 Å². The summed E-state index contributed by atoms with van der Waals surface area (Å²) in [6, 6.07) is 15.6. The fourth-order valence-electron chi connectivity index (χ4n) is 2.15. The molecule has 0 aliphatic carbocycles. The van der Waals surface area contributed by atoms with E-state index in [1.165, 1.54) is 10.2 Å². The van der Waals surface area contributed by atoms with Crippen LogP contribution < -0.4 is 0 Å². The van der Waals surface area contributed by atoms with Crippen LogP contribution in [0.25, 0.3) is 11.4 Å². The molecule has 0 aliphatic heterocycles. The quantitative estimate of drug-likeness (QED) is 0.652. The first kappa shape index (κ1) is 15.0. The monoisotopic (exact) mass is 376 g/mol. The summed E-state index contributed by atoms with van der Waals surface area (Å²) in [4.78, 5) is 4.58. The highest BCUT2D eigenvalue weighted by molar-refractivity contribution is 9.10. The Hall–Kier alpha value is -1.92. The van der Waals surface area contributed by atoms with E-state index in [4.69, 9.17) is 0 Å². The Kier molecular flexibility index (Phi) is 3.88. The molecule has 3 rings (SSSR count). The second kappa shape index (κ2) is 5.70. The zero-order valence-corrected chi connectivity index (χ0v) is 14.2. The standard InChI is InChI=1S/C16H13BrN2O2S/c1-12-7-9-13(10-8-12)22(20,21)19-11-3-5-15(19)14-4-2-6-16(17)18-14/h2-11H,1H3. The molecular formula is C16H13BrN2O2S. The van der Waals surface area contributed by atoms with E-state index in [1.807, 2.05) is 13.0 Å². The van der Waals surface area contributed by atoms with Gasteiger partial charge in [-0.3, -0.25) is 0 Å². The van der Waals surface area contributed by atoms with Crippen molar-refractivity contribution in [3.8, 4) is 11.4 Å². The third-order valence-corrected chi connectivity index (χ3v) is 5.41. The number of aromatic nitrogens is 2. The van der Waals surface area contributed by atoms with E-state index in [9.17, 15) is 8.42 Å². The van der Waals surface area contributed by atoms with Gasteiger partial charge >= 0.3 is 0 Å². The molecule has 0 amide bonds. The molecule has 0 bridgehead atoms. The lowest BCUT2D eigenvalue weighted by molar-refractivity contribution is 0.588. The summed E-state index contributed by atoms with van der Waals surface area (Å²) in [6.07, 6.45) is 1.53. The molecule has 0 unspecified atom stereocenters. The van der Waals surface area contributed by atoms with Gasteiger partial charge in [0.05, 0.1) is 16.3 Å². The largest absolute Gasteiger partial charge is 0.268 e. The molecule has 1 aromatic carbocycles. The molecule has 4 nitrogen and oxygen atoms in total. The molecule has 3 aromatic rings. The Morgan fingerprint density at radius 1 is 1.00 bits per heavy atom. The molecule has 0 aliphatic rings. The van der Waals surface area contributed by atoms with Gasteiger partial charge in [0.15, 0.2) is 0 Å². The minimum atomic E-state index is -3.64. The maximum Gasteiger partial charge on any atom is 0.268 e. The van der Waals surface area contributed by atoms with Crippen LogP contribution in [-0.4, -0.2) is 17.4 Å². The topological polar surface area (TPSA) is 52.0 Å². The second-order valence-corrected chi connectivity index (χ2v) is 7.48. The highest BCUT2D eigenvalue weighted by Crippen LogP contribution is 2.24. The lowest BCUT2D eigenvalue weighted by atomic mass is 10.2. The highest BCUT2D eigenvalue weighted by atomic mass is 79.9. The average Bonchev–Trinajstić information content (AvgIpc) is 2.98. The number of halogens is 1. The smallest absolute Gasteiger partial charge is 0.240 e. The molecule has 0 radical (unpaired) electrons. The average molecular weight is 377 g/mol. The van der Waals surface area contributed by atoms with Crippen LogP contribution in [0.1, 0.15) is 5.56 Å². The summed E-state index contributed by atoms with van der Waals surface area (Å²) in [5.74, 6) is 0. The lowest BCUT2D eigenvalue weighted by Gasteiger charge is -2.10. The first-order chi connectivity index (χ1) is 10.5. The molecule has 0 fully saturated rings. The van der Waals surface area contributed by atoms with Crippen LogP contribution in [0.2, 0.25) is 0 Å². The van der Waals surface area contributed by atoms with Crippen molar-refractivity contribution in [3.05, 3.63) is 71.0 Å².